The molecule has 0 aromatic heterocycles. The van der Waals surface area contributed by atoms with Crippen LogP contribution < -0.4 is 5.73 Å². The number of rotatable bonds is 4. The van der Waals surface area contributed by atoms with E-state index in [2.05, 4.69) is 13.8 Å². The fourth-order valence-electron chi connectivity index (χ4n) is 2.08. The van der Waals surface area contributed by atoms with E-state index in [1.54, 1.807) is 0 Å². The van der Waals surface area contributed by atoms with Crippen molar-refractivity contribution in [1.29, 1.82) is 0 Å². The number of ether oxygens (including phenoxy) is 1. The van der Waals surface area contributed by atoms with Gasteiger partial charge in [0.05, 0.1) is 6.42 Å². The Hall–Kier alpha value is -0.570. The number of hydrogen-bond donors (Lipinski definition) is 1. The normalized spacial score (nSPS) is 22.8. The Bertz CT molecular complexity index is 228. The Morgan fingerprint density at radius 2 is 2.00 bits per heavy atom. The second kappa shape index (κ2) is 5.67. The van der Waals surface area contributed by atoms with Crippen molar-refractivity contribution < 1.29 is 9.53 Å². The van der Waals surface area contributed by atoms with E-state index in [1.165, 1.54) is 0 Å². The van der Waals surface area contributed by atoms with Crippen LogP contribution in [0.2, 0.25) is 0 Å². The molecule has 3 nitrogen and oxygen atoms in total. The summed E-state index contributed by atoms with van der Waals surface area (Å²) in [5.41, 5.74) is 6.14. The van der Waals surface area contributed by atoms with Gasteiger partial charge in [0, 0.05) is 6.04 Å². The lowest BCUT2D eigenvalue weighted by molar-refractivity contribution is -0.152. The van der Waals surface area contributed by atoms with E-state index < -0.39 is 0 Å². The first kappa shape index (κ1) is 13.5. The van der Waals surface area contributed by atoms with Crippen molar-refractivity contribution >= 4 is 5.97 Å². The van der Waals surface area contributed by atoms with Gasteiger partial charge in [-0.15, -0.1) is 0 Å². The standard InChI is InChI=1S/C13H25NO2/c1-4-10(14)9-12(15)16-11-5-7-13(2,3)8-6-11/h10-11H,4-9,14H2,1-3H3. The fraction of sp³-hybridized carbons (Fsp3) is 0.923. The van der Waals surface area contributed by atoms with Gasteiger partial charge in [0.15, 0.2) is 0 Å². The summed E-state index contributed by atoms with van der Waals surface area (Å²) < 4.78 is 5.44. The summed E-state index contributed by atoms with van der Waals surface area (Å²) >= 11 is 0. The monoisotopic (exact) mass is 227 g/mol. The van der Waals surface area contributed by atoms with Crippen LogP contribution in [-0.2, 0) is 9.53 Å². The molecule has 1 aliphatic carbocycles. The maximum absolute atomic E-state index is 11.5. The quantitative estimate of drug-likeness (QED) is 0.751. The predicted molar refractivity (Wildman–Crippen MR) is 65.0 cm³/mol. The van der Waals surface area contributed by atoms with Crippen molar-refractivity contribution in [3.05, 3.63) is 0 Å². The summed E-state index contributed by atoms with van der Waals surface area (Å²) in [6.45, 7) is 6.54. The molecule has 1 fully saturated rings. The summed E-state index contributed by atoms with van der Waals surface area (Å²) in [7, 11) is 0. The summed E-state index contributed by atoms with van der Waals surface area (Å²) in [6.07, 6.45) is 5.60. The van der Waals surface area contributed by atoms with E-state index in [0.717, 1.165) is 32.1 Å². The molecule has 1 aliphatic rings. The van der Waals surface area contributed by atoms with E-state index in [0.29, 0.717) is 11.8 Å². The third kappa shape index (κ3) is 4.52. The molecule has 0 radical (unpaired) electrons. The molecule has 0 bridgehead atoms. The minimum Gasteiger partial charge on any atom is -0.462 e. The number of carbonyl (C=O) groups excluding carboxylic acids is 1. The SMILES string of the molecule is CCC(N)CC(=O)OC1CCC(C)(C)CC1. The van der Waals surface area contributed by atoms with Gasteiger partial charge < -0.3 is 10.5 Å². The first-order chi connectivity index (χ1) is 7.43. The van der Waals surface area contributed by atoms with Gasteiger partial charge in [-0.1, -0.05) is 20.8 Å². The molecule has 0 aromatic rings. The average Bonchev–Trinajstić information content (AvgIpc) is 2.21. The molecule has 1 rings (SSSR count). The highest BCUT2D eigenvalue weighted by atomic mass is 16.5. The van der Waals surface area contributed by atoms with Crippen molar-refractivity contribution in [2.24, 2.45) is 11.1 Å². The zero-order valence-electron chi connectivity index (χ0n) is 10.8. The highest BCUT2D eigenvalue weighted by Crippen LogP contribution is 2.36. The number of esters is 1. The first-order valence-corrected chi connectivity index (χ1v) is 6.38. The van der Waals surface area contributed by atoms with Crippen LogP contribution in [0.15, 0.2) is 0 Å². The smallest absolute Gasteiger partial charge is 0.307 e. The third-order valence-corrected chi connectivity index (χ3v) is 3.54. The zero-order chi connectivity index (χ0) is 12.2. The molecule has 3 heteroatoms. The lowest BCUT2D eigenvalue weighted by atomic mass is 9.76. The molecular formula is C13H25NO2. The molecule has 1 atom stereocenters. The van der Waals surface area contributed by atoms with Crippen LogP contribution in [0.1, 0.15) is 59.3 Å². The molecule has 0 aliphatic heterocycles. The van der Waals surface area contributed by atoms with Gasteiger partial charge in [0.25, 0.3) is 0 Å². The largest absolute Gasteiger partial charge is 0.462 e. The third-order valence-electron chi connectivity index (χ3n) is 3.54. The van der Waals surface area contributed by atoms with Crippen LogP contribution in [0.4, 0.5) is 0 Å². The van der Waals surface area contributed by atoms with Crippen LogP contribution in [0.5, 0.6) is 0 Å². The maximum atomic E-state index is 11.5. The summed E-state index contributed by atoms with van der Waals surface area (Å²) in [5.74, 6) is -0.126. The summed E-state index contributed by atoms with van der Waals surface area (Å²) in [6, 6.07) is -0.0486. The van der Waals surface area contributed by atoms with E-state index in [9.17, 15) is 4.79 Å². The van der Waals surface area contributed by atoms with E-state index in [4.69, 9.17) is 10.5 Å². The van der Waals surface area contributed by atoms with Gasteiger partial charge in [-0.05, 0) is 37.5 Å². The van der Waals surface area contributed by atoms with Crippen LogP contribution in [0.3, 0.4) is 0 Å². The molecule has 2 N–H and O–H groups in total. The number of carbonyl (C=O) groups is 1. The van der Waals surface area contributed by atoms with Crippen LogP contribution in [0.25, 0.3) is 0 Å². The molecule has 1 unspecified atom stereocenters. The molecule has 0 aromatic carbocycles. The fourth-order valence-corrected chi connectivity index (χ4v) is 2.08. The predicted octanol–water partition coefficient (Wildman–Crippen LogP) is 2.63. The first-order valence-electron chi connectivity index (χ1n) is 6.38. The van der Waals surface area contributed by atoms with Crippen molar-refractivity contribution in [2.75, 3.05) is 0 Å². The Morgan fingerprint density at radius 3 is 2.50 bits per heavy atom. The highest BCUT2D eigenvalue weighted by Gasteiger charge is 2.28. The van der Waals surface area contributed by atoms with Crippen molar-refractivity contribution in [1.82, 2.24) is 0 Å². The van der Waals surface area contributed by atoms with Crippen molar-refractivity contribution in [2.45, 2.75) is 71.4 Å². The van der Waals surface area contributed by atoms with Crippen LogP contribution >= 0.6 is 0 Å². The van der Waals surface area contributed by atoms with Gasteiger partial charge in [-0.25, -0.2) is 0 Å². The molecule has 0 amide bonds. The minimum absolute atomic E-state index is 0.0486. The second-order valence-corrected chi connectivity index (χ2v) is 5.73. The zero-order valence-corrected chi connectivity index (χ0v) is 10.8. The Kier molecular flexibility index (Phi) is 4.78. The topological polar surface area (TPSA) is 52.3 Å². The lowest BCUT2D eigenvalue weighted by Gasteiger charge is -2.33. The summed E-state index contributed by atoms with van der Waals surface area (Å²) in [5, 5.41) is 0. The van der Waals surface area contributed by atoms with Crippen molar-refractivity contribution in [3.8, 4) is 0 Å². The minimum atomic E-state index is -0.126. The maximum Gasteiger partial charge on any atom is 0.307 e. The van der Waals surface area contributed by atoms with E-state index in [1.807, 2.05) is 6.92 Å². The number of nitrogens with two attached hydrogens (primary N) is 1. The molecule has 0 spiro atoms. The highest BCUT2D eigenvalue weighted by molar-refractivity contribution is 5.70. The van der Waals surface area contributed by atoms with Gasteiger partial charge >= 0.3 is 5.97 Å². The Morgan fingerprint density at radius 1 is 1.44 bits per heavy atom. The van der Waals surface area contributed by atoms with Gasteiger partial charge in [-0.3, -0.25) is 4.79 Å². The van der Waals surface area contributed by atoms with Crippen molar-refractivity contribution in [3.63, 3.8) is 0 Å². The summed E-state index contributed by atoms with van der Waals surface area (Å²) in [4.78, 5) is 11.5. The molecule has 0 heterocycles. The van der Waals surface area contributed by atoms with Crippen LogP contribution in [-0.4, -0.2) is 18.1 Å². The van der Waals surface area contributed by atoms with E-state index in [-0.39, 0.29) is 18.1 Å². The van der Waals surface area contributed by atoms with E-state index >= 15 is 0 Å². The van der Waals surface area contributed by atoms with Gasteiger partial charge in [-0.2, -0.15) is 0 Å². The van der Waals surface area contributed by atoms with Gasteiger partial charge in [0.1, 0.15) is 6.10 Å². The Balaban J connectivity index is 2.26. The Labute approximate surface area is 98.7 Å². The lowest BCUT2D eigenvalue weighted by Crippen LogP contribution is -2.31. The number of hydrogen-bond acceptors (Lipinski definition) is 3. The molecule has 94 valence electrons. The molecule has 1 saturated carbocycles. The molecule has 0 saturated heterocycles. The average molecular weight is 227 g/mol. The molecule has 16 heavy (non-hydrogen) atoms. The van der Waals surface area contributed by atoms with Crippen LogP contribution in [0, 0.1) is 5.41 Å². The molecular weight excluding hydrogens is 202 g/mol. The second-order valence-electron chi connectivity index (χ2n) is 5.73. The van der Waals surface area contributed by atoms with Gasteiger partial charge in [0.2, 0.25) is 0 Å².